The second kappa shape index (κ2) is 5.82. The predicted molar refractivity (Wildman–Crippen MR) is 85.3 cm³/mol. The molecule has 0 spiro atoms. The van der Waals surface area contributed by atoms with Gasteiger partial charge in [-0.3, -0.25) is 0 Å². The molecule has 21 heavy (non-hydrogen) atoms. The van der Waals surface area contributed by atoms with Gasteiger partial charge in [-0.25, -0.2) is 0 Å². The third kappa shape index (κ3) is 4.00. The van der Waals surface area contributed by atoms with Crippen molar-refractivity contribution in [3.05, 3.63) is 0 Å². The van der Waals surface area contributed by atoms with Crippen molar-refractivity contribution in [3.8, 4) is 0 Å². The Bertz CT molecular complexity index is 366. The summed E-state index contributed by atoms with van der Waals surface area (Å²) in [5.74, 6) is 0.771. The zero-order valence-electron chi connectivity index (χ0n) is 14.0. The minimum Gasteiger partial charge on any atom is -0.394 e. The van der Waals surface area contributed by atoms with Crippen molar-refractivity contribution >= 4 is 0 Å². The molecule has 2 N–H and O–H groups in total. The fourth-order valence-electron chi connectivity index (χ4n) is 4.81. The van der Waals surface area contributed by atoms with E-state index in [1.807, 2.05) is 0 Å². The van der Waals surface area contributed by atoms with Gasteiger partial charge in [-0.05, 0) is 62.7 Å². The standard InChI is InChI=1S/C18H33NO2/c1-13-8-16(10-17(2,3)9-13)21-15-6-7-18(11-15,12-20)19-14-4-5-14/h13-16,19-20H,4-12H2,1-3H3. The van der Waals surface area contributed by atoms with Gasteiger partial charge < -0.3 is 15.2 Å². The maximum atomic E-state index is 9.82. The number of aliphatic hydroxyl groups excluding tert-OH is 1. The minimum atomic E-state index is -0.0539. The van der Waals surface area contributed by atoms with Crippen molar-refractivity contribution in [2.24, 2.45) is 11.3 Å². The van der Waals surface area contributed by atoms with E-state index in [0.717, 1.165) is 25.2 Å². The second-order valence-corrected chi connectivity index (χ2v) is 8.89. The summed E-state index contributed by atoms with van der Waals surface area (Å²) in [6.07, 6.45) is 10.2. The molecule has 0 aromatic carbocycles. The van der Waals surface area contributed by atoms with E-state index in [2.05, 4.69) is 26.1 Å². The molecule has 3 rings (SSSR count). The Kier molecular flexibility index (Phi) is 4.37. The Morgan fingerprint density at radius 1 is 1.10 bits per heavy atom. The van der Waals surface area contributed by atoms with Gasteiger partial charge in [0.2, 0.25) is 0 Å². The summed E-state index contributed by atoms with van der Waals surface area (Å²) in [6, 6.07) is 0.657. The molecule has 3 aliphatic rings. The van der Waals surface area contributed by atoms with Gasteiger partial charge in [0, 0.05) is 11.6 Å². The average Bonchev–Trinajstić information content (AvgIpc) is 3.08. The summed E-state index contributed by atoms with van der Waals surface area (Å²) in [5.41, 5.74) is 0.364. The molecule has 0 heterocycles. The van der Waals surface area contributed by atoms with Crippen molar-refractivity contribution < 1.29 is 9.84 Å². The number of hydrogen-bond acceptors (Lipinski definition) is 3. The van der Waals surface area contributed by atoms with Gasteiger partial charge in [0.25, 0.3) is 0 Å². The number of nitrogens with one attached hydrogen (secondary N) is 1. The molecular formula is C18H33NO2. The van der Waals surface area contributed by atoms with E-state index in [4.69, 9.17) is 4.74 Å². The quantitative estimate of drug-likeness (QED) is 0.818. The van der Waals surface area contributed by atoms with Crippen molar-refractivity contribution in [3.63, 3.8) is 0 Å². The van der Waals surface area contributed by atoms with Crippen LogP contribution in [0.1, 0.15) is 72.1 Å². The van der Waals surface area contributed by atoms with Crippen LogP contribution in [0, 0.1) is 11.3 Å². The molecule has 3 fully saturated rings. The van der Waals surface area contributed by atoms with Crippen LogP contribution in [0.25, 0.3) is 0 Å². The number of hydrogen-bond donors (Lipinski definition) is 2. The zero-order valence-corrected chi connectivity index (χ0v) is 14.0. The van der Waals surface area contributed by atoms with Crippen molar-refractivity contribution in [2.45, 2.75) is 95.9 Å². The number of ether oxygens (including phenoxy) is 1. The molecular weight excluding hydrogens is 262 g/mol. The SMILES string of the molecule is CC1CC(OC2CCC(CO)(NC3CC3)C2)CC(C)(C)C1. The van der Waals surface area contributed by atoms with Crippen LogP contribution in [0.5, 0.6) is 0 Å². The predicted octanol–water partition coefficient (Wildman–Crippen LogP) is 3.25. The zero-order chi connectivity index (χ0) is 15.1. The van der Waals surface area contributed by atoms with E-state index in [1.165, 1.54) is 32.1 Å². The topological polar surface area (TPSA) is 41.5 Å². The maximum Gasteiger partial charge on any atom is 0.0614 e. The lowest BCUT2D eigenvalue weighted by Gasteiger charge is -2.40. The van der Waals surface area contributed by atoms with Crippen molar-refractivity contribution in [1.82, 2.24) is 5.32 Å². The highest BCUT2D eigenvalue weighted by molar-refractivity contribution is 5.01. The van der Waals surface area contributed by atoms with E-state index in [9.17, 15) is 5.11 Å². The largest absolute Gasteiger partial charge is 0.394 e. The van der Waals surface area contributed by atoms with E-state index in [1.54, 1.807) is 0 Å². The van der Waals surface area contributed by atoms with Gasteiger partial charge in [-0.1, -0.05) is 20.8 Å². The van der Waals surface area contributed by atoms with Gasteiger partial charge in [-0.2, -0.15) is 0 Å². The molecule has 3 nitrogen and oxygen atoms in total. The molecule has 3 saturated carbocycles. The summed E-state index contributed by atoms with van der Waals surface area (Å²) in [7, 11) is 0. The van der Waals surface area contributed by atoms with Gasteiger partial charge in [0.15, 0.2) is 0 Å². The molecule has 122 valence electrons. The average molecular weight is 295 g/mol. The molecule has 4 unspecified atom stereocenters. The van der Waals surface area contributed by atoms with E-state index in [-0.39, 0.29) is 12.1 Å². The molecule has 0 saturated heterocycles. The Morgan fingerprint density at radius 3 is 2.48 bits per heavy atom. The third-order valence-corrected chi connectivity index (χ3v) is 5.69. The molecule has 4 atom stereocenters. The molecule has 0 aliphatic heterocycles. The summed E-state index contributed by atoms with van der Waals surface area (Å²) in [6.45, 7) is 7.37. The van der Waals surface area contributed by atoms with Gasteiger partial charge in [0.1, 0.15) is 0 Å². The van der Waals surface area contributed by atoms with E-state index in [0.29, 0.717) is 23.7 Å². The normalized spacial score (nSPS) is 43.1. The van der Waals surface area contributed by atoms with Crippen LogP contribution < -0.4 is 5.32 Å². The lowest BCUT2D eigenvalue weighted by molar-refractivity contribution is -0.0656. The monoisotopic (exact) mass is 295 g/mol. The first-order valence-corrected chi connectivity index (χ1v) is 8.94. The number of aliphatic hydroxyl groups is 1. The molecule has 0 aromatic heterocycles. The van der Waals surface area contributed by atoms with Crippen molar-refractivity contribution in [2.75, 3.05) is 6.61 Å². The molecule has 0 amide bonds. The minimum absolute atomic E-state index is 0.0539. The highest BCUT2D eigenvalue weighted by atomic mass is 16.5. The fourth-order valence-corrected chi connectivity index (χ4v) is 4.81. The fraction of sp³-hybridized carbons (Fsp3) is 1.00. The highest BCUT2D eigenvalue weighted by Crippen LogP contribution is 2.42. The molecule has 0 bridgehead atoms. The first-order valence-electron chi connectivity index (χ1n) is 8.94. The first kappa shape index (κ1) is 15.8. The maximum absolute atomic E-state index is 9.82. The van der Waals surface area contributed by atoms with Gasteiger partial charge in [-0.15, -0.1) is 0 Å². The second-order valence-electron chi connectivity index (χ2n) is 8.89. The van der Waals surface area contributed by atoms with Crippen molar-refractivity contribution in [1.29, 1.82) is 0 Å². The first-order chi connectivity index (χ1) is 9.90. The Hall–Kier alpha value is -0.120. The van der Waals surface area contributed by atoms with Crippen LogP contribution in [-0.4, -0.2) is 35.5 Å². The lowest BCUT2D eigenvalue weighted by Crippen LogP contribution is -2.48. The van der Waals surface area contributed by atoms with Crippen LogP contribution >= 0.6 is 0 Å². The van der Waals surface area contributed by atoms with E-state index >= 15 is 0 Å². The lowest BCUT2D eigenvalue weighted by atomic mass is 9.71. The van der Waals surface area contributed by atoms with Gasteiger partial charge in [0.05, 0.1) is 18.8 Å². The molecule has 0 radical (unpaired) electrons. The molecule has 3 heteroatoms. The Labute approximate surface area is 129 Å². The van der Waals surface area contributed by atoms with Crippen LogP contribution in [0.15, 0.2) is 0 Å². The summed E-state index contributed by atoms with van der Waals surface area (Å²) in [4.78, 5) is 0. The highest BCUT2D eigenvalue weighted by Gasteiger charge is 2.44. The number of rotatable bonds is 5. The van der Waals surface area contributed by atoms with Crippen LogP contribution in [-0.2, 0) is 4.74 Å². The molecule has 3 aliphatic carbocycles. The van der Waals surface area contributed by atoms with Crippen LogP contribution in [0.3, 0.4) is 0 Å². The Morgan fingerprint density at radius 2 is 1.86 bits per heavy atom. The van der Waals surface area contributed by atoms with Gasteiger partial charge >= 0.3 is 0 Å². The van der Waals surface area contributed by atoms with E-state index < -0.39 is 0 Å². The van der Waals surface area contributed by atoms with Crippen LogP contribution in [0.4, 0.5) is 0 Å². The summed E-state index contributed by atoms with van der Waals surface area (Å²) < 4.78 is 6.47. The summed E-state index contributed by atoms with van der Waals surface area (Å²) >= 11 is 0. The Balaban J connectivity index is 1.53. The van der Waals surface area contributed by atoms with Crippen LogP contribution in [0.2, 0.25) is 0 Å². The smallest absolute Gasteiger partial charge is 0.0614 e. The molecule has 0 aromatic rings. The third-order valence-electron chi connectivity index (χ3n) is 5.69. The summed E-state index contributed by atoms with van der Waals surface area (Å²) in [5, 5.41) is 13.5.